The molecule has 0 aromatic carbocycles. The molecule has 2 aromatic heterocycles. The van der Waals surface area contributed by atoms with Gasteiger partial charge >= 0.3 is 0 Å². The van der Waals surface area contributed by atoms with Gasteiger partial charge in [0.1, 0.15) is 5.52 Å². The van der Waals surface area contributed by atoms with E-state index in [-0.39, 0.29) is 16.3 Å². The summed E-state index contributed by atoms with van der Waals surface area (Å²) in [5.41, 5.74) is 1.32. The van der Waals surface area contributed by atoms with Gasteiger partial charge in [-0.15, -0.1) is 0 Å². The van der Waals surface area contributed by atoms with E-state index in [0.717, 1.165) is 5.69 Å². The first-order valence-electron chi connectivity index (χ1n) is 4.93. The lowest BCUT2D eigenvalue weighted by atomic mass is 9.91. The molecule has 0 bridgehead atoms. The number of nitrogens with zero attached hydrogens (tertiary/aromatic N) is 3. The summed E-state index contributed by atoms with van der Waals surface area (Å²) >= 11 is 5.88. The summed E-state index contributed by atoms with van der Waals surface area (Å²) in [7, 11) is 1.57. The first-order chi connectivity index (χ1) is 7.32. The molecule has 5 nitrogen and oxygen atoms in total. The van der Waals surface area contributed by atoms with Gasteiger partial charge in [0, 0.05) is 12.5 Å². The quantitative estimate of drug-likeness (QED) is 0.712. The van der Waals surface area contributed by atoms with Gasteiger partial charge in [-0.25, -0.2) is 4.98 Å². The fourth-order valence-corrected chi connectivity index (χ4v) is 1.69. The molecule has 0 amide bonds. The summed E-state index contributed by atoms with van der Waals surface area (Å²) in [6.45, 7) is 6.06. The SMILES string of the molecule is Cn1c(Cl)nc2c(C(C)(C)C)[nH]nc2c1=O. The lowest BCUT2D eigenvalue weighted by Crippen LogP contribution is -2.19. The number of rotatable bonds is 0. The molecule has 1 N–H and O–H groups in total. The highest BCUT2D eigenvalue weighted by Crippen LogP contribution is 2.25. The summed E-state index contributed by atoms with van der Waals surface area (Å²) in [4.78, 5) is 16.0. The molecule has 0 radical (unpaired) electrons. The molecule has 0 saturated carbocycles. The molecule has 0 spiro atoms. The largest absolute Gasteiger partial charge is 0.284 e. The third-order valence-corrected chi connectivity index (χ3v) is 2.82. The number of nitrogens with one attached hydrogen (secondary N) is 1. The van der Waals surface area contributed by atoms with Gasteiger partial charge in [-0.05, 0) is 11.6 Å². The van der Waals surface area contributed by atoms with Crippen LogP contribution in [-0.4, -0.2) is 19.7 Å². The number of aromatic amines is 1. The van der Waals surface area contributed by atoms with Crippen LogP contribution in [0.25, 0.3) is 11.0 Å². The van der Waals surface area contributed by atoms with E-state index in [4.69, 9.17) is 11.6 Å². The van der Waals surface area contributed by atoms with E-state index in [9.17, 15) is 4.79 Å². The second-order valence-electron chi connectivity index (χ2n) is 4.79. The normalized spacial score (nSPS) is 12.3. The zero-order chi connectivity index (χ0) is 12.1. The van der Waals surface area contributed by atoms with Crippen molar-refractivity contribution in [2.75, 3.05) is 0 Å². The third-order valence-electron chi connectivity index (χ3n) is 2.48. The van der Waals surface area contributed by atoms with Crippen molar-refractivity contribution < 1.29 is 0 Å². The number of halogens is 1. The van der Waals surface area contributed by atoms with E-state index >= 15 is 0 Å². The van der Waals surface area contributed by atoms with Gasteiger partial charge in [0.05, 0.1) is 5.69 Å². The molecule has 2 rings (SSSR count). The number of H-pyrrole nitrogens is 1. The van der Waals surface area contributed by atoms with Crippen LogP contribution >= 0.6 is 11.6 Å². The first-order valence-corrected chi connectivity index (χ1v) is 5.31. The van der Waals surface area contributed by atoms with Gasteiger partial charge in [0.2, 0.25) is 5.28 Å². The zero-order valence-corrected chi connectivity index (χ0v) is 10.4. The number of hydrogen-bond donors (Lipinski definition) is 1. The van der Waals surface area contributed by atoms with Crippen molar-refractivity contribution in [2.24, 2.45) is 7.05 Å². The highest BCUT2D eigenvalue weighted by atomic mass is 35.5. The van der Waals surface area contributed by atoms with Crippen LogP contribution in [0, 0.1) is 0 Å². The molecule has 0 unspecified atom stereocenters. The molecule has 16 heavy (non-hydrogen) atoms. The Morgan fingerprint density at radius 2 is 1.94 bits per heavy atom. The fraction of sp³-hybridized carbons (Fsp3) is 0.500. The lowest BCUT2D eigenvalue weighted by molar-refractivity contribution is 0.570. The predicted molar refractivity (Wildman–Crippen MR) is 62.8 cm³/mol. The maximum atomic E-state index is 11.8. The molecule has 0 fully saturated rings. The van der Waals surface area contributed by atoms with Gasteiger partial charge in [0.15, 0.2) is 5.52 Å². The average molecular weight is 241 g/mol. The number of aromatic nitrogens is 4. The van der Waals surface area contributed by atoms with Crippen LogP contribution in [0.15, 0.2) is 4.79 Å². The Balaban J connectivity index is 2.90. The van der Waals surface area contributed by atoms with Gasteiger partial charge in [-0.1, -0.05) is 20.8 Å². The topological polar surface area (TPSA) is 63.6 Å². The summed E-state index contributed by atoms with van der Waals surface area (Å²) in [6, 6.07) is 0. The number of hydrogen-bond acceptors (Lipinski definition) is 3. The van der Waals surface area contributed by atoms with Crippen molar-refractivity contribution in [1.82, 2.24) is 19.7 Å². The Hall–Kier alpha value is -1.36. The summed E-state index contributed by atoms with van der Waals surface area (Å²) in [5, 5.41) is 7.04. The van der Waals surface area contributed by atoms with Crippen LogP contribution in [0.2, 0.25) is 5.28 Å². The van der Waals surface area contributed by atoms with E-state index in [1.165, 1.54) is 4.57 Å². The molecule has 86 valence electrons. The van der Waals surface area contributed by atoms with Crippen LogP contribution in [-0.2, 0) is 12.5 Å². The maximum absolute atomic E-state index is 11.8. The van der Waals surface area contributed by atoms with E-state index in [1.807, 2.05) is 20.8 Å². The molecule has 0 saturated heterocycles. The smallest absolute Gasteiger partial charge is 0.282 e. The molecular weight excluding hydrogens is 228 g/mol. The Kier molecular flexibility index (Phi) is 2.31. The lowest BCUT2D eigenvalue weighted by Gasteiger charge is -2.15. The zero-order valence-electron chi connectivity index (χ0n) is 9.63. The highest BCUT2D eigenvalue weighted by Gasteiger charge is 2.23. The molecule has 0 aliphatic carbocycles. The second-order valence-corrected chi connectivity index (χ2v) is 5.13. The highest BCUT2D eigenvalue weighted by molar-refractivity contribution is 6.28. The number of fused-ring (bicyclic) bond motifs is 1. The van der Waals surface area contributed by atoms with Crippen LogP contribution in [0.1, 0.15) is 26.5 Å². The van der Waals surface area contributed by atoms with Crippen LogP contribution in [0.5, 0.6) is 0 Å². The fourth-order valence-electron chi connectivity index (χ4n) is 1.53. The second kappa shape index (κ2) is 3.31. The van der Waals surface area contributed by atoms with Gasteiger partial charge < -0.3 is 0 Å². The van der Waals surface area contributed by atoms with Gasteiger partial charge in [-0.3, -0.25) is 14.5 Å². The Bertz CT molecular complexity index is 606. The Morgan fingerprint density at radius 3 is 2.50 bits per heavy atom. The van der Waals surface area contributed by atoms with E-state index in [0.29, 0.717) is 11.0 Å². The summed E-state index contributed by atoms with van der Waals surface area (Å²) < 4.78 is 1.27. The van der Waals surface area contributed by atoms with Crippen LogP contribution < -0.4 is 5.56 Å². The van der Waals surface area contributed by atoms with Gasteiger partial charge in [0.25, 0.3) is 5.56 Å². The summed E-state index contributed by atoms with van der Waals surface area (Å²) in [5.74, 6) is 0. The van der Waals surface area contributed by atoms with Crippen LogP contribution in [0.4, 0.5) is 0 Å². The minimum Gasteiger partial charge on any atom is -0.284 e. The molecule has 2 heterocycles. The summed E-state index contributed by atoms with van der Waals surface area (Å²) in [6.07, 6.45) is 0. The average Bonchev–Trinajstić information content (AvgIpc) is 2.57. The van der Waals surface area contributed by atoms with Crippen LogP contribution in [0.3, 0.4) is 0 Å². The Labute approximate surface area is 97.4 Å². The van der Waals surface area contributed by atoms with Crippen molar-refractivity contribution in [3.8, 4) is 0 Å². The monoisotopic (exact) mass is 240 g/mol. The predicted octanol–water partition coefficient (Wildman–Crippen LogP) is 1.61. The molecule has 0 aliphatic heterocycles. The van der Waals surface area contributed by atoms with Crippen molar-refractivity contribution in [2.45, 2.75) is 26.2 Å². The molecule has 0 atom stereocenters. The standard InChI is InChI=1S/C10H13ClN4O/c1-10(2,3)7-5-6(13-14-7)8(16)15(4)9(11)12-5/h1-4H3,(H,13,14). The molecular formula is C10H13ClN4O. The maximum Gasteiger partial charge on any atom is 0.282 e. The minimum atomic E-state index is -0.234. The Morgan fingerprint density at radius 1 is 1.31 bits per heavy atom. The third kappa shape index (κ3) is 1.51. The molecule has 6 heteroatoms. The molecule has 0 aliphatic rings. The molecule has 2 aromatic rings. The first kappa shape index (κ1) is 11.1. The van der Waals surface area contributed by atoms with Gasteiger partial charge in [-0.2, -0.15) is 5.10 Å². The van der Waals surface area contributed by atoms with E-state index in [1.54, 1.807) is 7.05 Å². The van der Waals surface area contributed by atoms with Crippen molar-refractivity contribution in [1.29, 1.82) is 0 Å². The van der Waals surface area contributed by atoms with Crippen molar-refractivity contribution in [3.05, 3.63) is 21.3 Å². The van der Waals surface area contributed by atoms with Crippen molar-refractivity contribution in [3.63, 3.8) is 0 Å². The minimum absolute atomic E-state index is 0.155. The van der Waals surface area contributed by atoms with E-state index < -0.39 is 0 Å². The van der Waals surface area contributed by atoms with E-state index in [2.05, 4.69) is 15.2 Å². The van der Waals surface area contributed by atoms with Crippen molar-refractivity contribution >= 4 is 22.6 Å².